The van der Waals surface area contributed by atoms with Crippen molar-refractivity contribution in [3.8, 4) is 11.4 Å². The van der Waals surface area contributed by atoms with E-state index >= 15 is 0 Å². The first-order valence-corrected chi connectivity index (χ1v) is 9.00. The van der Waals surface area contributed by atoms with E-state index in [9.17, 15) is 4.79 Å². The van der Waals surface area contributed by atoms with Crippen molar-refractivity contribution >= 4 is 5.91 Å². The van der Waals surface area contributed by atoms with E-state index in [0.29, 0.717) is 29.0 Å². The van der Waals surface area contributed by atoms with Crippen molar-refractivity contribution in [2.75, 3.05) is 13.7 Å². The Morgan fingerprint density at radius 3 is 2.76 bits per heavy atom. The van der Waals surface area contributed by atoms with Crippen LogP contribution in [-0.4, -0.2) is 50.7 Å². The Balaban J connectivity index is 1.62. The van der Waals surface area contributed by atoms with Gasteiger partial charge in [-0.25, -0.2) is 0 Å². The molecule has 7 heteroatoms. The maximum Gasteiger partial charge on any atom is 0.254 e. The number of hydrogen-bond acceptors (Lipinski definition) is 5. The Kier molecular flexibility index (Phi) is 4.38. The van der Waals surface area contributed by atoms with Gasteiger partial charge < -0.3 is 9.64 Å². The molecule has 2 heterocycles. The van der Waals surface area contributed by atoms with E-state index in [1.807, 2.05) is 18.2 Å². The van der Waals surface area contributed by atoms with Crippen LogP contribution >= 0.6 is 0 Å². The minimum atomic E-state index is 0.103. The number of nitrogens with zero attached hydrogens (tertiary/aromatic N) is 5. The molecular formula is C18H23N5O2. The molecule has 0 radical (unpaired) electrons. The van der Waals surface area contributed by atoms with E-state index in [2.05, 4.69) is 20.4 Å². The second kappa shape index (κ2) is 6.82. The Hall–Kier alpha value is -2.44. The number of amides is 1. The summed E-state index contributed by atoms with van der Waals surface area (Å²) < 4.78 is 6.91. The minimum absolute atomic E-state index is 0.103. The highest BCUT2D eigenvalue weighted by atomic mass is 16.5. The first-order valence-electron chi connectivity index (χ1n) is 9.00. The normalized spacial score (nSPS) is 21.0. The molecule has 1 saturated heterocycles. The number of tetrazole rings is 1. The van der Waals surface area contributed by atoms with Crippen molar-refractivity contribution < 1.29 is 9.53 Å². The third kappa shape index (κ3) is 2.99. The summed E-state index contributed by atoms with van der Waals surface area (Å²) in [6, 6.07) is 5.86. The maximum absolute atomic E-state index is 13.2. The van der Waals surface area contributed by atoms with Gasteiger partial charge in [0, 0.05) is 18.2 Å². The molecular weight excluding hydrogens is 318 g/mol. The molecule has 0 spiro atoms. The average Bonchev–Trinajstić information content (AvgIpc) is 3.42. The van der Waals surface area contributed by atoms with Gasteiger partial charge in [-0.05, 0) is 60.2 Å². The lowest BCUT2D eigenvalue weighted by molar-refractivity contribution is 0.0689. The summed E-state index contributed by atoms with van der Waals surface area (Å²) in [7, 11) is 1.60. The first kappa shape index (κ1) is 16.1. The van der Waals surface area contributed by atoms with Gasteiger partial charge in [0.1, 0.15) is 17.8 Å². The maximum atomic E-state index is 13.2. The molecule has 4 rings (SSSR count). The van der Waals surface area contributed by atoms with Crippen molar-refractivity contribution in [3.63, 3.8) is 0 Å². The fraction of sp³-hybridized carbons (Fsp3) is 0.556. The zero-order chi connectivity index (χ0) is 17.2. The highest BCUT2D eigenvalue weighted by Crippen LogP contribution is 2.36. The number of aromatic nitrogens is 4. The van der Waals surface area contributed by atoms with E-state index in [1.165, 1.54) is 36.7 Å². The molecule has 25 heavy (non-hydrogen) atoms. The molecule has 2 fully saturated rings. The highest BCUT2D eigenvalue weighted by Gasteiger charge is 2.36. The van der Waals surface area contributed by atoms with Crippen molar-refractivity contribution in [2.24, 2.45) is 5.92 Å². The fourth-order valence-electron chi connectivity index (χ4n) is 4.32. The fourth-order valence-corrected chi connectivity index (χ4v) is 4.32. The summed E-state index contributed by atoms with van der Waals surface area (Å²) in [5, 5.41) is 11.3. The number of methoxy groups -OCH3 is 1. The van der Waals surface area contributed by atoms with Gasteiger partial charge in [-0.2, -0.15) is 4.68 Å². The molecule has 7 nitrogen and oxygen atoms in total. The third-order valence-corrected chi connectivity index (χ3v) is 5.53. The monoisotopic (exact) mass is 341 g/mol. The molecule has 1 aromatic heterocycles. The summed E-state index contributed by atoms with van der Waals surface area (Å²) in [4.78, 5) is 15.2. The number of ether oxygens (including phenoxy) is 1. The minimum Gasteiger partial charge on any atom is -0.494 e. The molecule has 1 aliphatic carbocycles. The van der Waals surface area contributed by atoms with Crippen LogP contribution in [0.25, 0.3) is 5.69 Å². The van der Waals surface area contributed by atoms with Crippen LogP contribution in [0.15, 0.2) is 24.5 Å². The van der Waals surface area contributed by atoms with Gasteiger partial charge in [-0.1, -0.05) is 12.8 Å². The van der Waals surface area contributed by atoms with E-state index in [0.717, 1.165) is 19.4 Å². The second-order valence-electron chi connectivity index (χ2n) is 6.89. The zero-order valence-electron chi connectivity index (χ0n) is 14.5. The van der Waals surface area contributed by atoms with E-state index in [4.69, 9.17) is 4.74 Å². The average molecular weight is 341 g/mol. The molecule has 1 saturated carbocycles. The Morgan fingerprint density at radius 2 is 2.04 bits per heavy atom. The molecule has 1 atom stereocenters. The molecule has 2 aliphatic rings. The largest absolute Gasteiger partial charge is 0.494 e. The Labute approximate surface area is 147 Å². The van der Waals surface area contributed by atoms with Gasteiger partial charge >= 0.3 is 0 Å². The smallest absolute Gasteiger partial charge is 0.254 e. The van der Waals surface area contributed by atoms with E-state index in [1.54, 1.807) is 7.11 Å². The van der Waals surface area contributed by atoms with Crippen LogP contribution < -0.4 is 4.74 Å². The van der Waals surface area contributed by atoms with Crippen LogP contribution in [0.1, 0.15) is 48.9 Å². The van der Waals surface area contributed by atoms with E-state index < -0.39 is 0 Å². The molecule has 0 bridgehead atoms. The Bertz CT molecular complexity index is 740. The lowest BCUT2D eigenvalue weighted by Crippen LogP contribution is -2.39. The van der Waals surface area contributed by atoms with Gasteiger partial charge in [0.05, 0.1) is 7.11 Å². The van der Waals surface area contributed by atoms with Gasteiger partial charge in [0.2, 0.25) is 0 Å². The number of likely N-dealkylation sites (tertiary alicyclic amines) is 1. The summed E-state index contributed by atoms with van der Waals surface area (Å²) >= 11 is 0. The Morgan fingerprint density at radius 1 is 1.20 bits per heavy atom. The van der Waals surface area contributed by atoms with Crippen molar-refractivity contribution in [1.82, 2.24) is 25.1 Å². The predicted molar refractivity (Wildman–Crippen MR) is 91.7 cm³/mol. The summed E-state index contributed by atoms with van der Waals surface area (Å²) in [6.07, 6.45) is 8.85. The quantitative estimate of drug-likeness (QED) is 0.854. The van der Waals surface area contributed by atoms with Gasteiger partial charge in [-0.15, -0.1) is 5.10 Å². The lowest BCUT2D eigenvalue weighted by atomic mass is 9.95. The van der Waals surface area contributed by atoms with Crippen molar-refractivity contribution in [3.05, 3.63) is 30.1 Å². The van der Waals surface area contributed by atoms with Crippen LogP contribution in [-0.2, 0) is 0 Å². The van der Waals surface area contributed by atoms with Crippen molar-refractivity contribution in [2.45, 2.75) is 44.6 Å². The van der Waals surface area contributed by atoms with Gasteiger partial charge in [0.15, 0.2) is 0 Å². The summed E-state index contributed by atoms with van der Waals surface area (Å²) in [5.41, 5.74) is 1.34. The zero-order valence-corrected chi connectivity index (χ0v) is 14.5. The van der Waals surface area contributed by atoms with Crippen LogP contribution in [0.5, 0.6) is 5.75 Å². The molecule has 132 valence electrons. The molecule has 1 amide bonds. The SMILES string of the molecule is COc1ccc(C(=O)N2CCCC2C2CCCC2)cc1-n1cnnn1. The van der Waals surface area contributed by atoms with Crippen molar-refractivity contribution in [1.29, 1.82) is 0 Å². The van der Waals surface area contributed by atoms with Gasteiger partial charge in [-0.3, -0.25) is 4.79 Å². The highest BCUT2D eigenvalue weighted by molar-refractivity contribution is 5.95. The lowest BCUT2D eigenvalue weighted by Gasteiger charge is -2.29. The number of carbonyl (C=O) groups is 1. The van der Waals surface area contributed by atoms with Gasteiger partial charge in [0.25, 0.3) is 5.91 Å². The summed E-state index contributed by atoms with van der Waals surface area (Å²) in [5.74, 6) is 1.41. The third-order valence-electron chi connectivity index (χ3n) is 5.53. The van der Waals surface area contributed by atoms with Crippen LogP contribution in [0.4, 0.5) is 0 Å². The number of carbonyl (C=O) groups excluding carboxylic acids is 1. The predicted octanol–water partition coefficient (Wildman–Crippen LogP) is 2.47. The number of benzene rings is 1. The topological polar surface area (TPSA) is 73.1 Å². The van der Waals surface area contributed by atoms with Crippen LogP contribution in [0.2, 0.25) is 0 Å². The molecule has 1 unspecified atom stereocenters. The summed E-state index contributed by atoms with van der Waals surface area (Å²) in [6.45, 7) is 0.853. The molecule has 0 N–H and O–H groups in total. The van der Waals surface area contributed by atoms with E-state index in [-0.39, 0.29) is 5.91 Å². The second-order valence-corrected chi connectivity index (χ2v) is 6.89. The number of rotatable bonds is 4. The molecule has 1 aromatic carbocycles. The van der Waals surface area contributed by atoms with Crippen LogP contribution in [0, 0.1) is 5.92 Å². The molecule has 1 aliphatic heterocycles. The molecule has 2 aromatic rings. The van der Waals surface area contributed by atoms with Crippen LogP contribution in [0.3, 0.4) is 0 Å². The standard InChI is InChI=1S/C18H23N5O2/c1-25-17-9-8-14(11-16(17)23-12-19-20-21-23)18(24)22-10-4-7-15(22)13-5-2-3-6-13/h8-9,11-13,15H,2-7,10H2,1H3. The number of hydrogen-bond donors (Lipinski definition) is 0. The first-order chi connectivity index (χ1) is 12.3.